The number of carbonyl (C=O) groups excluding carboxylic acids is 1. The summed E-state index contributed by atoms with van der Waals surface area (Å²) >= 11 is 5.16. The number of nitrogens with zero attached hydrogens (tertiary/aromatic N) is 2. The summed E-state index contributed by atoms with van der Waals surface area (Å²) in [4.78, 5) is 12.4. The first-order chi connectivity index (χ1) is 11.5. The Kier molecular flexibility index (Phi) is 4.85. The molecular formula is C18H24N4OS. The van der Waals surface area contributed by atoms with E-state index in [0.717, 1.165) is 18.8 Å². The quantitative estimate of drug-likeness (QED) is 0.788. The van der Waals surface area contributed by atoms with Crippen molar-refractivity contribution in [3.8, 4) is 0 Å². The van der Waals surface area contributed by atoms with Crippen LogP contribution in [0, 0.1) is 10.7 Å². The van der Waals surface area contributed by atoms with Crippen molar-refractivity contribution in [1.82, 2.24) is 20.1 Å². The summed E-state index contributed by atoms with van der Waals surface area (Å²) in [5.41, 5.74) is 2.60. The minimum atomic E-state index is 0.0758. The van der Waals surface area contributed by atoms with Crippen LogP contribution in [0.2, 0.25) is 0 Å². The molecule has 1 aromatic heterocycles. The van der Waals surface area contributed by atoms with Gasteiger partial charge in [0.05, 0.1) is 6.54 Å². The van der Waals surface area contributed by atoms with Crippen LogP contribution in [0.4, 0.5) is 0 Å². The molecule has 1 aromatic carbocycles. The van der Waals surface area contributed by atoms with Crippen molar-refractivity contribution >= 4 is 18.1 Å². The Balaban J connectivity index is 1.56. The molecule has 5 nitrogen and oxygen atoms in total. The van der Waals surface area contributed by atoms with Gasteiger partial charge < -0.3 is 9.88 Å². The molecule has 0 radical (unpaired) electrons. The third kappa shape index (κ3) is 3.43. The maximum atomic E-state index is 12.4. The Morgan fingerprint density at radius 2 is 2.12 bits per heavy atom. The molecule has 0 aliphatic heterocycles. The zero-order valence-electron chi connectivity index (χ0n) is 14.4. The number of aromatic amines is 1. The second-order valence-electron chi connectivity index (χ2n) is 6.68. The number of amides is 1. The van der Waals surface area contributed by atoms with Gasteiger partial charge in [-0.15, -0.1) is 0 Å². The third-order valence-electron chi connectivity index (χ3n) is 4.73. The van der Waals surface area contributed by atoms with E-state index in [9.17, 15) is 4.79 Å². The number of benzene rings is 1. The molecule has 1 amide bonds. The van der Waals surface area contributed by atoms with E-state index in [-0.39, 0.29) is 11.8 Å². The first-order valence-corrected chi connectivity index (χ1v) is 8.93. The molecule has 2 N–H and O–H groups in total. The van der Waals surface area contributed by atoms with Crippen molar-refractivity contribution in [2.24, 2.45) is 5.92 Å². The molecule has 2 aromatic rings. The SMILES string of the molecule is CCn1c(CNC(=O)[C@@H]2C[C@H]2c2ccc(C(C)C)cc2)n[nH]c1=S. The van der Waals surface area contributed by atoms with Crippen LogP contribution in [0.3, 0.4) is 0 Å². The Morgan fingerprint density at radius 1 is 1.42 bits per heavy atom. The van der Waals surface area contributed by atoms with Gasteiger partial charge in [0.2, 0.25) is 5.91 Å². The van der Waals surface area contributed by atoms with Crippen molar-refractivity contribution in [2.45, 2.75) is 52.1 Å². The van der Waals surface area contributed by atoms with E-state index in [1.54, 1.807) is 0 Å². The molecule has 1 aliphatic carbocycles. The van der Waals surface area contributed by atoms with Crippen LogP contribution in [0.25, 0.3) is 0 Å². The lowest BCUT2D eigenvalue weighted by Crippen LogP contribution is -2.26. The van der Waals surface area contributed by atoms with Crippen molar-refractivity contribution in [3.05, 3.63) is 46.0 Å². The normalized spacial score (nSPS) is 19.5. The van der Waals surface area contributed by atoms with Crippen LogP contribution in [-0.4, -0.2) is 20.7 Å². The molecule has 6 heteroatoms. The zero-order chi connectivity index (χ0) is 17.3. The van der Waals surface area contributed by atoms with Gasteiger partial charge in [-0.3, -0.25) is 9.89 Å². The van der Waals surface area contributed by atoms with E-state index in [0.29, 0.717) is 23.2 Å². The van der Waals surface area contributed by atoms with E-state index in [4.69, 9.17) is 12.2 Å². The fourth-order valence-corrected chi connectivity index (χ4v) is 3.37. The summed E-state index contributed by atoms with van der Waals surface area (Å²) in [6, 6.07) is 8.67. The monoisotopic (exact) mass is 344 g/mol. The molecule has 0 unspecified atom stereocenters. The van der Waals surface area contributed by atoms with Gasteiger partial charge in [0, 0.05) is 12.5 Å². The summed E-state index contributed by atoms with van der Waals surface area (Å²) < 4.78 is 2.49. The number of nitrogens with one attached hydrogen (secondary N) is 2. The van der Waals surface area contributed by atoms with Crippen LogP contribution in [0.5, 0.6) is 0 Å². The molecule has 128 valence electrons. The number of hydrogen-bond acceptors (Lipinski definition) is 3. The number of aromatic nitrogens is 3. The first kappa shape index (κ1) is 16.9. The van der Waals surface area contributed by atoms with Crippen LogP contribution >= 0.6 is 12.2 Å². The van der Waals surface area contributed by atoms with Gasteiger partial charge in [-0.2, -0.15) is 5.10 Å². The standard InChI is InChI=1S/C18H24N4OS/c1-4-22-16(20-21-18(22)24)10-19-17(23)15-9-14(15)13-7-5-12(6-8-13)11(2)3/h5-8,11,14-15H,4,9-10H2,1-3H3,(H,19,23)(H,21,24)/t14-,15+/m0/s1. The third-order valence-corrected chi connectivity index (χ3v) is 5.04. The average Bonchev–Trinajstić information content (AvgIpc) is 3.30. The Bertz CT molecular complexity index is 775. The average molecular weight is 344 g/mol. The van der Waals surface area contributed by atoms with E-state index >= 15 is 0 Å². The molecule has 24 heavy (non-hydrogen) atoms. The summed E-state index contributed by atoms with van der Waals surface area (Å²) in [6.45, 7) is 7.54. The highest BCUT2D eigenvalue weighted by atomic mass is 32.1. The highest BCUT2D eigenvalue weighted by Crippen LogP contribution is 2.47. The van der Waals surface area contributed by atoms with Crippen LogP contribution in [0.15, 0.2) is 24.3 Å². The lowest BCUT2D eigenvalue weighted by atomic mass is 10.00. The maximum absolute atomic E-state index is 12.4. The fraction of sp³-hybridized carbons (Fsp3) is 0.500. The van der Waals surface area contributed by atoms with Crippen LogP contribution in [-0.2, 0) is 17.9 Å². The summed E-state index contributed by atoms with van der Waals surface area (Å²) in [6.07, 6.45) is 0.924. The van der Waals surface area contributed by atoms with Gasteiger partial charge in [0.15, 0.2) is 10.6 Å². The zero-order valence-corrected chi connectivity index (χ0v) is 15.2. The number of H-pyrrole nitrogens is 1. The van der Waals surface area contributed by atoms with E-state index in [2.05, 4.69) is 53.6 Å². The number of hydrogen-bond donors (Lipinski definition) is 2. The maximum Gasteiger partial charge on any atom is 0.224 e. The molecule has 0 saturated heterocycles. The highest BCUT2D eigenvalue weighted by molar-refractivity contribution is 7.71. The van der Waals surface area contributed by atoms with Gasteiger partial charge >= 0.3 is 0 Å². The van der Waals surface area contributed by atoms with Crippen molar-refractivity contribution < 1.29 is 4.79 Å². The number of carbonyl (C=O) groups is 1. The molecular weight excluding hydrogens is 320 g/mol. The largest absolute Gasteiger partial charge is 0.349 e. The summed E-state index contributed by atoms with van der Waals surface area (Å²) in [7, 11) is 0. The molecule has 2 atom stereocenters. The van der Waals surface area contributed by atoms with Gasteiger partial charge in [0.1, 0.15) is 0 Å². The molecule has 0 spiro atoms. The smallest absolute Gasteiger partial charge is 0.224 e. The lowest BCUT2D eigenvalue weighted by Gasteiger charge is -2.08. The number of rotatable bonds is 6. The Labute approximate surface area is 147 Å². The molecule has 0 bridgehead atoms. The Hall–Kier alpha value is -1.95. The second-order valence-corrected chi connectivity index (χ2v) is 7.06. The molecule has 1 fully saturated rings. The van der Waals surface area contributed by atoms with Crippen molar-refractivity contribution in [3.63, 3.8) is 0 Å². The summed E-state index contributed by atoms with van der Waals surface area (Å²) in [5, 5.41) is 9.93. The van der Waals surface area contributed by atoms with Crippen LogP contribution in [0.1, 0.15) is 56.0 Å². The van der Waals surface area contributed by atoms with Gasteiger partial charge in [0.25, 0.3) is 0 Å². The van der Waals surface area contributed by atoms with Crippen molar-refractivity contribution in [1.29, 1.82) is 0 Å². The minimum absolute atomic E-state index is 0.0758. The molecule has 1 saturated carbocycles. The first-order valence-electron chi connectivity index (χ1n) is 8.53. The van der Waals surface area contributed by atoms with Crippen LogP contribution < -0.4 is 5.32 Å². The highest BCUT2D eigenvalue weighted by Gasteiger charge is 2.43. The summed E-state index contributed by atoms with van der Waals surface area (Å²) in [5.74, 6) is 1.83. The fourth-order valence-electron chi connectivity index (χ4n) is 3.09. The van der Waals surface area contributed by atoms with E-state index in [1.807, 2.05) is 11.5 Å². The van der Waals surface area contributed by atoms with Crippen molar-refractivity contribution in [2.75, 3.05) is 0 Å². The predicted octanol–water partition coefficient (Wildman–Crippen LogP) is 3.50. The topological polar surface area (TPSA) is 62.7 Å². The van der Waals surface area contributed by atoms with E-state index < -0.39 is 0 Å². The predicted molar refractivity (Wildman–Crippen MR) is 96.3 cm³/mol. The lowest BCUT2D eigenvalue weighted by molar-refractivity contribution is -0.122. The second kappa shape index (κ2) is 6.89. The molecule has 3 rings (SSSR count). The minimum Gasteiger partial charge on any atom is -0.349 e. The van der Waals surface area contributed by atoms with Gasteiger partial charge in [-0.05, 0) is 48.5 Å². The Morgan fingerprint density at radius 3 is 2.75 bits per heavy atom. The van der Waals surface area contributed by atoms with Gasteiger partial charge in [-0.1, -0.05) is 38.1 Å². The molecule has 1 heterocycles. The van der Waals surface area contributed by atoms with E-state index in [1.165, 1.54) is 11.1 Å². The molecule has 1 aliphatic rings. The van der Waals surface area contributed by atoms with Gasteiger partial charge in [-0.25, -0.2) is 0 Å².